The molecule has 0 amide bonds. The van der Waals surface area contributed by atoms with E-state index < -0.39 is 6.10 Å². The molecule has 0 fully saturated rings. The van der Waals surface area contributed by atoms with Crippen molar-refractivity contribution in [3.8, 4) is 0 Å². The molecule has 2 atom stereocenters. The van der Waals surface area contributed by atoms with E-state index in [0.29, 0.717) is 19.3 Å². The summed E-state index contributed by atoms with van der Waals surface area (Å²) in [5.74, 6) is 0.794. The van der Waals surface area contributed by atoms with Crippen LogP contribution in [-0.2, 0) is 28.6 Å². The maximum atomic E-state index is 12.7. The first-order chi connectivity index (χ1) is 25.8. The highest BCUT2D eigenvalue weighted by Gasteiger charge is 2.19. The molecule has 6 nitrogen and oxygen atoms in total. The van der Waals surface area contributed by atoms with Gasteiger partial charge in [-0.15, -0.1) is 0 Å². The number of unbranched alkanes of at least 4 members (excludes halogenated alkanes) is 25. The van der Waals surface area contributed by atoms with Gasteiger partial charge in [0.1, 0.15) is 13.2 Å². The molecule has 1 unspecified atom stereocenters. The largest absolute Gasteiger partial charge is 0.462 e. The van der Waals surface area contributed by atoms with Gasteiger partial charge in [-0.25, -0.2) is 0 Å². The van der Waals surface area contributed by atoms with E-state index in [1.807, 2.05) is 0 Å². The fourth-order valence-electron chi connectivity index (χ4n) is 6.90. The van der Waals surface area contributed by atoms with E-state index in [-0.39, 0.29) is 31.1 Å². The van der Waals surface area contributed by atoms with Crippen molar-refractivity contribution < 1.29 is 28.6 Å². The lowest BCUT2D eigenvalue weighted by atomic mass is 10.00. The summed E-state index contributed by atoms with van der Waals surface area (Å²) < 4.78 is 16.7. The maximum Gasteiger partial charge on any atom is 0.306 e. The van der Waals surface area contributed by atoms with Crippen LogP contribution in [0.1, 0.15) is 253 Å². The minimum atomic E-state index is -0.760. The SMILES string of the molecule is CCCCCCCCCC(=O)OC[C@@H](COC(=O)CCCCCCCCCCCCCCCCCC(C)C)OC(=O)CCCCCCCCC(C)CC. The normalized spacial score (nSPS) is 12.6. The van der Waals surface area contributed by atoms with E-state index in [2.05, 4.69) is 34.6 Å². The fraction of sp³-hybridized carbons (Fsp3) is 0.936. The smallest absolute Gasteiger partial charge is 0.306 e. The third-order valence-electron chi connectivity index (χ3n) is 10.8. The molecular formula is C47H90O6. The van der Waals surface area contributed by atoms with Crippen LogP contribution in [0.4, 0.5) is 0 Å². The Morgan fingerprint density at radius 1 is 0.396 bits per heavy atom. The van der Waals surface area contributed by atoms with Gasteiger partial charge in [-0.1, -0.05) is 214 Å². The highest BCUT2D eigenvalue weighted by Crippen LogP contribution is 2.17. The molecule has 0 heterocycles. The molecule has 0 N–H and O–H groups in total. The van der Waals surface area contributed by atoms with Crippen molar-refractivity contribution in [2.45, 2.75) is 259 Å². The summed E-state index contributed by atoms with van der Waals surface area (Å²) in [5.41, 5.74) is 0. The number of esters is 3. The van der Waals surface area contributed by atoms with E-state index in [0.717, 1.165) is 69.6 Å². The number of hydrogen-bond donors (Lipinski definition) is 0. The van der Waals surface area contributed by atoms with Gasteiger partial charge < -0.3 is 14.2 Å². The molecule has 314 valence electrons. The lowest BCUT2D eigenvalue weighted by molar-refractivity contribution is -0.167. The molecule has 0 aromatic heterocycles. The summed E-state index contributed by atoms with van der Waals surface area (Å²) >= 11 is 0. The molecule has 0 saturated heterocycles. The summed E-state index contributed by atoms with van der Waals surface area (Å²) in [6, 6.07) is 0. The van der Waals surface area contributed by atoms with Crippen molar-refractivity contribution >= 4 is 17.9 Å². The van der Waals surface area contributed by atoms with Gasteiger partial charge in [-0.05, 0) is 31.1 Å². The number of ether oxygens (including phenoxy) is 3. The summed E-state index contributed by atoms with van der Waals surface area (Å²) in [5, 5.41) is 0. The first-order valence-corrected chi connectivity index (χ1v) is 23.3. The summed E-state index contributed by atoms with van der Waals surface area (Å²) in [7, 11) is 0. The highest BCUT2D eigenvalue weighted by molar-refractivity contribution is 5.71. The van der Waals surface area contributed by atoms with Gasteiger partial charge in [0.2, 0.25) is 0 Å². The van der Waals surface area contributed by atoms with Crippen molar-refractivity contribution in [1.29, 1.82) is 0 Å². The quantitative estimate of drug-likeness (QED) is 0.0352. The minimum absolute atomic E-state index is 0.0657. The lowest BCUT2D eigenvalue weighted by Gasteiger charge is -2.18. The molecule has 6 heteroatoms. The Bertz CT molecular complexity index is 811. The van der Waals surface area contributed by atoms with Crippen LogP contribution in [0, 0.1) is 11.8 Å². The second-order valence-corrected chi connectivity index (χ2v) is 16.8. The summed E-state index contributed by atoms with van der Waals surface area (Å²) in [6.07, 6.45) is 38.2. The summed E-state index contributed by atoms with van der Waals surface area (Å²) in [4.78, 5) is 37.6. The molecule has 0 bridgehead atoms. The molecule has 0 aromatic rings. The monoisotopic (exact) mass is 751 g/mol. The van der Waals surface area contributed by atoms with Gasteiger partial charge in [-0.3, -0.25) is 14.4 Å². The predicted molar refractivity (Wildman–Crippen MR) is 224 cm³/mol. The highest BCUT2D eigenvalue weighted by atomic mass is 16.6. The Morgan fingerprint density at radius 3 is 1.08 bits per heavy atom. The van der Waals surface area contributed by atoms with Crippen LogP contribution >= 0.6 is 0 Å². The Balaban J connectivity index is 4.19. The number of rotatable bonds is 41. The van der Waals surface area contributed by atoms with Crippen LogP contribution in [0.25, 0.3) is 0 Å². The van der Waals surface area contributed by atoms with Gasteiger partial charge in [-0.2, -0.15) is 0 Å². The molecule has 53 heavy (non-hydrogen) atoms. The zero-order valence-corrected chi connectivity index (χ0v) is 36.1. The van der Waals surface area contributed by atoms with E-state index in [1.165, 1.54) is 141 Å². The Hall–Kier alpha value is -1.59. The molecule has 0 aliphatic rings. The predicted octanol–water partition coefficient (Wildman–Crippen LogP) is 14.6. The molecule has 0 aromatic carbocycles. The Morgan fingerprint density at radius 2 is 0.717 bits per heavy atom. The van der Waals surface area contributed by atoms with E-state index in [9.17, 15) is 14.4 Å². The van der Waals surface area contributed by atoms with Crippen molar-refractivity contribution in [2.75, 3.05) is 13.2 Å². The van der Waals surface area contributed by atoms with Gasteiger partial charge in [0, 0.05) is 19.3 Å². The zero-order chi connectivity index (χ0) is 39.0. The van der Waals surface area contributed by atoms with Crippen molar-refractivity contribution in [1.82, 2.24) is 0 Å². The van der Waals surface area contributed by atoms with Crippen LogP contribution in [0.5, 0.6) is 0 Å². The summed E-state index contributed by atoms with van der Waals surface area (Å²) in [6.45, 7) is 11.3. The molecule has 0 aliphatic carbocycles. The third kappa shape index (κ3) is 39.9. The second kappa shape index (κ2) is 40.1. The number of carbonyl (C=O) groups excluding carboxylic acids is 3. The van der Waals surface area contributed by atoms with Crippen LogP contribution in [0.2, 0.25) is 0 Å². The van der Waals surface area contributed by atoms with Gasteiger partial charge in [0.15, 0.2) is 6.10 Å². The zero-order valence-electron chi connectivity index (χ0n) is 36.1. The molecule has 0 rings (SSSR count). The van der Waals surface area contributed by atoms with E-state index in [1.54, 1.807) is 0 Å². The first kappa shape index (κ1) is 51.4. The second-order valence-electron chi connectivity index (χ2n) is 16.8. The van der Waals surface area contributed by atoms with Gasteiger partial charge in [0.25, 0.3) is 0 Å². The van der Waals surface area contributed by atoms with E-state index in [4.69, 9.17) is 14.2 Å². The number of carbonyl (C=O) groups is 3. The third-order valence-corrected chi connectivity index (χ3v) is 10.8. The topological polar surface area (TPSA) is 78.9 Å². The van der Waals surface area contributed by atoms with Gasteiger partial charge >= 0.3 is 17.9 Å². The molecule has 0 aliphatic heterocycles. The lowest BCUT2D eigenvalue weighted by Crippen LogP contribution is -2.30. The Kier molecular flexibility index (Phi) is 38.9. The first-order valence-electron chi connectivity index (χ1n) is 23.3. The van der Waals surface area contributed by atoms with Crippen molar-refractivity contribution in [3.05, 3.63) is 0 Å². The maximum absolute atomic E-state index is 12.7. The molecular weight excluding hydrogens is 661 g/mol. The van der Waals surface area contributed by atoms with Crippen LogP contribution in [0.15, 0.2) is 0 Å². The van der Waals surface area contributed by atoms with Crippen molar-refractivity contribution in [3.63, 3.8) is 0 Å². The molecule has 0 saturated carbocycles. The average molecular weight is 751 g/mol. The number of hydrogen-bond acceptors (Lipinski definition) is 6. The fourth-order valence-corrected chi connectivity index (χ4v) is 6.90. The van der Waals surface area contributed by atoms with Crippen molar-refractivity contribution in [2.24, 2.45) is 11.8 Å². The minimum Gasteiger partial charge on any atom is -0.462 e. The van der Waals surface area contributed by atoms with Crippen LogP contribution in [0.3, 0.4) is 0 Å². The van der Waals surface area contributed by atoms with Gasteiger partial charge in [0.05, 0.1) is 0 Å². The standard InChI is InChI=1S/C47H90O6/c1-6-8-9-10-20-27-32-37-45(48)51-40-44(53-47(50)39-34-29-24-23-26-31-36-43(5)7-2)41-52-46(49)38-33-28-22-19-17-15-13-11-12-14-16-18-21-25-30-35-42(3)4/h42-44H,6-41H2,1-5H3/t43?,44-/m0/s1. The van der Waals surface area contributed by atoms with Crippen LogP contribution in [-0.4, -0.2) is 37.2 Å². The Labute approximate surface area is 329 Å². The average Bonchev–Trinajstić information content (AvgIpc) is 3.14. The molecule has 0 spiro atoms. The van der Waals surface area contributed by atoms with E-state index >= 15 is 0 Å². The molecule has 0 radical (unpaired) electrons. The van der Waals surface area contributed by atoms with Crippen LogP contribution < -0.4 is 0 Å².